The number of allylic oxidation sites excluding steroid dienone is 2. The third kappa shape index (κ3) is 1.56. The van der Waals surface area contributed by atoms with Crippen molar-refractivity contribution in [3.8, 4) is 12.3 Å². The normalized spacial score (nSPS) is 30.2. The van der Waals surface area contributed by atoms with Gasteiger partial charge in [0.2, 0.25) is 0 Å². The Morgan fingerprint density at radius 2 is 2.36 bits per heavy atom. The summed E-state index contributed by atoms with van der Waals surface area (Å²) in [6.07, 6.45) is 8.32. The van der Waals surface area contributed by atoms with Crippen LogP contribution in [0.2, 0.25) is 0 Å². The molecule has 0 bridgehead atoms. The molecule has 3 heteroatoms. The first-order valence-corrected chi connectivity index (χ1v) is 5.53. The van der Waals surface area contributed by atoms with Crippen LogP contribution in [0.15, 0.2) is 11.6 Å². The molecule has 0 aromatic heterocycles. The maximum Gasteiger partial charge on any atom is 0.158 e. The lowest BCUT2D eigenvalue weighted by molar-refractivity contribution is 0.521. The molecule has 0 saturated heterocycles. The van der Waals surface area contributed by atoms with Gasteiger partial charge in [-0.3, -0.25) is 4.67 Å². The fourth-order valence-electron chi connectivity index (χ4n) is 1.06. The van der Waals surface area contributed by atoms with Gasteiger partial charge in [-0.05, 0) is 14.1 Å². The van der Waals surface area contributed by atoms with Crippen LogP contribution in [0.5, 0.6) is 0 Å². The minimum atomic E-state index is -2.12. The van der Waals surface area contributed by atoms with Crippen LogP contribution in [0, 0.1) is 12.3 Å². The summed E-state index contributed by atoms with van der Waals surface area (Å²) in [5.74, 6) is 2.54. The molecule has 1 unspecified atom stereocenters. The van der Waals surface area contributed by atoms with Crippen molar-refractivity contribution in [3.63, 3.8) is 0 Å². The molecule has 0 N–H and O–H groups in total. The molecule has 0 aromatic rings. The lowest BCUT2D eigenvalue weighted by atomic mass is 10.3. The molecule has 1 heterocycles. The van der Waals surface area contributed by atoms with Crippen molar-refractivity contribution in [2.75, 3.05) is 26.4 Å². The van der Waals surface area contributed by atoms with Gasteiger partial charge in [-0.15, -0.1) is 6.42 Å². The maximum absolute atomic E-state index is 11.9. The zero-order chi connectivity index (χ0) is 8.48. The molecular weight excluding hydrogens is 157 g/mol. The lowest BCUT2D eigenvalue weighted by Gasteiger charge is -2.19. The second kappa shape index (κ2) is 2.85. The van der Waals surface area contributed by atoms with Crippen LogP contribution in [-0.2, 0) is 4.57 Å². The zero-order valence-corrected chi connectivity index (χ0v) is 7.77. The van der Waals surface area contributed by atoms with Crippen LogP contribution in [-0.4, -0.2) is 31.1 Å². The van der Waals surface area contributed by atoms with Gasteiger partial charge < -0.3 is 4.57 Å². The smallest absolute Gasteiger partial charge is 0.158 e. The van der Waals surface area contributed by atoms with Gasteiger partial charge in [-0.25, -0.2) is 0 Å². The second-order valence-corrected chi connectivity index (χ2v) is 6.08. The average Bonchev–Trinajstić information content (AvgIpc) is 2.33. The summed E-state index contributed by atoms with van der Waals surface area (Å²) in [6.45, 7) is 0. The van der Waals surface area contributed by atoms with Gasteiger partial charge in [0, 0.05) is 17.9 Å². The van der Waals surface area contributed by atoms with Gasteiger partial charge in [0.25, 0.3) is 0 Å². The molecule has 0 spiro atoms. The third-order valence-corrected chi connectivity index (χ3v) is 5.00. The van der Waals surface area contributed by atoms with Gasteiger partial charge >= 0.3 is 0 Å². The molecule has 60 valence electrons. The van der Waals surface area contributed by atoms with Crippen molar-refractivity contribution in [2.24, 2.45) is 0 Å². The number of hydrogen-bond acceptors (Lipinski definition) is 1. The number of nitrogens with zero attached hydrogens (tertiary/aromatic N) is 1. The summed E-state index contributed by atoms with van der Waals surface area (Å²) in [5.41, 5.74) is 0.891. The Morgan fingerprint density at radius 1 is 1.73 bits per heavy atom. The quantitative estimate of drug-likeness (QED) is 0.437. The Kier molecular flexibility index (Phi) is 2.23. The standard InChI is InChI=1S/C8H12NOP/c1-4-8-5-6-11(10,7-8)9(2)3/h1,5H,6-7H2,2-3H3. The van der Waals surface area contributed by atoms with Gasteiger partial charge in [-0.2, -0.15) is 0 Å². The molecule has 0 aromatic carbocycles. The molecular formula is C8H12NOP. The highest BCUT2D eigenvalue weighted by Crippen LogP contribution is 2.52. The van der Waals surface area contributed by atoms with Crippen LogP contribution in [0.3, 0.4) is 0 Å². The molecule has 1 atom stereocenters. The topological polar surface area (TPSA) is 20.3 Å². The van der Waals surface area contributed by atoms with E-state index >= 15 is 0 Å². The number of rotatable bonds is 1. The summed E-state index contributed by atoms with van der Waals surface area (Å²) in [7, 11) is 1.57. The van der Waals surface area contributed by atoms with Gasteiger partial charge in [0.05, 0.1) is 0 Å². The Labute approximate surface area is 67.7 Å². The van der Waals surface area contributed by atoms with Gasteiger partial charge in [-0.1, -0.05) is 12.0 Å². The Hall–Kier alpha value is -0.510. The summed E-state index contributed by atoms with van der Waals surface area (Å²) in [6, 6.07) is 0. The van der Waals surface area contributed by atoms with E-state index in [0.29, 0.717) is 12.3 Å². The van der Waals surface area contributed by atoms with Crippen LogP contribution >= 0.6 is 7.29 Å². The van der Waals surface area contributed by atoms with E-state index in [2.05, 4.69) is 5.92 Å². The average molecular weight is 169 g/mol. The van der Waals surface area contributed by atoms with E-state index in [1.54, 1.807) is 4.67 Å². The lowest BCUT2D eigenvalue weighted by Crippen LogP contribution is -2.10. The molecule has 0 saturated carbocycles. The van der Waals surface area contributed by atoms with Crippen LogP contribution in [0.1, 0.15) is 0 Å². The molecule has 0 radical (unpaired) electrons. The minimum absolute atomic E-state index is 0.580. The van der Waals surface area contributed by atoms with E-state index in [1.165, 1.54) is 0 Å². The highest BCUT2D eigenvalue weighted by Gasteiger charge is 2.29. The highest BCUT2D eigenvalue weighted by atomic mass is 31.2. The molecule has 1 rings (SSSR count). The van der Waals surface area contributed by atoms with Crippen molar-refractivity contribution in [2.45, 2.75) is 0 Å². The molecule has 1 aliphatic heterocycles. The van der Waals surface area contributed by atoms with Gasteiger partial charge in [0.1, 0.15) is 0 Å². The van der Waals surface area contributed by atoms with Crippen molar-refractivity contribution in [1.82, 2.24) is 4.67 Å². The maximum atomic E-state index is 11.9. The fourth-order valence-corrected chi connectivity index (χ4v) is 3.05. The molecule has 0 amide bonds. The van der Waals surface area contributed by atoms with Crippen molar-refractivity contribution < 1.29 is 4.57 Å². The summed E-state index contributed by atoms with van der Waals surface area (Å²) in [5, 5.41) is 0. The first-order chi connectivity index (χ1) is 5.08. The monoisotopic (exact) mass is 169 g/mol. The summed E-state index contributed by atoms with van der Waals surface area (Å²) in [4.78, 5) is 0. The molecule has 0 aliphatic carbocycles. The van der Waals surface area contributed by atoms with E-state index in [4.69, 9.17) is 6.42 Å². The second-order valence-electron chi connectivity index (χ2n) is 2.91. The number of hydrogen-bond donors (Lipinski definition) is 0. The van der Waals surface area contributed by atoms with E-state index in [0.717, 1.165) is 5.57 Å². The first kappa shape index (κ1) is 8.59. The van der Waals surface area contributed by atoms with E-state index in [1.807, 2.05) is 20.2 Å². The Bertz CT molecular complexity index is 272. The minimum Gasteiger partial charge on any atom is -0.306 e. The summed E-state index contributed by atoms with van der Waals surface area (Å²) >= 11 is 0. The van der Waals surface area contributed by atoms with E-state index in [9.17, 15) is 4.57 Å². The SMILES string of the molecule is C#CC1=CCP(=O)(N(C)C)C1. The molecule has 2 nitrogen and oxygen atoms in total. The predicted molar refractivity (Wildman–Crippen MR) is 47.9 cm³/mol. The van der Waals surface area contributed by atoms with Crippen molar-refractivity contribution in [1.29, 1.82) is 0 Å². The fraction of sp³-hybridized carbons (Fsp3) is 0.500. The van der Waals surface area contributed by atoms with Crippen LogP contribution in [0.25, 0.3) is 0 Å². The van der Waals surface area contributed by atoms with Crippen LogP contribution in [0.4, 0.5) is 0 Å². The highest BCUT2D eigenvalue weighted by molar-refractivity contribution is 7.62. The predicted octanol–water partition coefficient (Wildman–Crippen LogP) is 1.40. The zero-order valence-electron chi connectivity index (χ0n) is 6.87. The third-order valence-electron chi connectivity index (χ3n) is 1.95. The first-order valence-electron chi connectivity index (χ1n) is 3.50. The summed E-state index contributed by atoms with van der Waals surface area (Å²) < 4.78 is 13.7. The van der Waals surface area contributed by atoms with E-state index in [-0.39, 0.29) is 0 Å². The molecule has 11 heavy (non-hydrogen) atoms. The van der Waals surface area contributed by atoms with Crippen molar-refractivity contribution in [3.05, 3.63) is 11.6 Å². The van der Waals surface area contributed by atoms with Crippen LogP contribution < -0.4 is 0 Å². The van der Waals surface area contributed by atoms with Crippen molar-refractivity contribution >= 4 is 7.29 Å². The largest absolute Gasteiger partial charge is 0.306 e. The molecule has 1 aliphatic rings. The Balaban J connectivity index is 2.75. The molecule has 0 fully saturated rings. The van der Waals surface area contributed by atoms with E-state index < -0.39 is 7.29 Å². The Morgan fingerprint density at radius 3 is 2.64 bits per heavy atom. The van der Waals surface area contributed by atoms with Gasteiger partial charge in [0.15, 0.2) is 7.29 Å². The number of terminal acetylenes is 1.